The van der Waals surface area contributed by atoms with Gasteiger partial charge in [-0.25, -0.2) is 4.79 Å². The summed E-state index contributed by atoms with van der Waals surface area (Å²) in [6.07, 6.45) is 0. The minimum Gasteiger partial charge on any atom is -0.338 e. The lowest BCUT2D eigenvalue weighted by Gasteiger charge is -2.34. The molecular formula is C16H16Cl3N3O2S. The van der Waals surface area contributed by atoms with Crippen LogP contribution in [0, 0.1) is 0 Å². The van der Waals surface area contributed by atoms with Crippen molar-refractivity contribution in [2.75, 3.05) is 32.7 Å². The van der Waals surface area contributed by atoms with E-state index in [9.17, 15) is 9.59 Å². The highest BCUT2D eigenvalue weighted by Gasteiger charge is 2.28. The van der Waals surface area contributed by atoms with E-state index in [2.05, 4.69) is 5.32 Å². The first kappa shape index (κ1) is 18.6. The highest BCUT2D eigenvalue weighted by Crippen LogP contribution is 2.41. The second kappa shape index (κ2) is 7.58. The van der Waals surface area contributed by atoms with Crippen molar-refractivity contribution in [2.24, 2.45) is 0 Å². The monoisotopic (exact) mass is 419 g/mol. The van der Waals surface area contributed by atoms with Crippen molar-refractivity contribution in [1.29, 1.82) is 0 Å². The van der Waals surface area contributed by atoms with E-state index in [1.54, 1.807) is 21.9 Å². The molecule has 3 rings (SSSR count). The van der Waals surface area contributed by atoms with Crippen LogP contribution in [0.3, 0.4) is 0 Å². The lowest BCUT2D eigenvalue weighted by Crippen LogP contribution is -2.53. The maximum Gasteiger partial charge on any atom is 0.317 e. The Morgan fingerprint density at radius 3 is 2.40 bits per heavy atom. The molecule has 0 spiro atoms. The molecule has 1 aliphatic heterocycles. The minimum atomic E-state index is -0.145. The van der Waals surface area contributed by atoms with Crippen molar-refractivity contribution in [3.63, 3.8) is 0 Å². The number of urea groups is 1. The van der Waals surface area contributed by atoms with Crippen LogP contribution in [0.1, 0.15) is 16.6 Å². The van der Waals surface area contributed by atoms with Gasteiger partial charge < -0.3 is 15.1 Å². The normalized spacial score (nSPS) is 14.9. The zero-order valence-corrected chi connectivity index (χ0v) is 16.5. The largest absolute Gasteiger partial charge is 0.338 e. The first-order chi connectivity index (χ1) is 11.9. The van der Waals surface area contributed by atoms with Crippen LogP contribution in [0.4, 0.5) is 4.79 Å². The molecule has 0 radical (unpaired) electrons. The molecule has 0 atom stereocenters. The minimum absolute atomic E-state index is 0.101. The van der Waals surface area contributed by atoms with Crippen LogP contribution >= 0.6 is 46.1 Å². The Morgan fingerprint density at radius 1 is 1.12 bits per heavy atom. The number of hydrogen-bond donors (Lipinski definition) is 1. The lowest BCUT2D eigenvalue weighted by molar-refractivity contribution is 0.0670. The van der Waals surface area contributed by atoms with E-state index in [1.807, 2.05) is 6.92 Å². The second-order valence-corrected chi connectivity index (χ2v) is 7.89. The van der Waals surface area contributed by atoms with E-state index in [4.69, 9.17) is 34.8 Å². The van der Waals surface area contributed by atoms with Crippen LogP contribution in [0.15, 0.2) is 12.1 Å². The quantitative estimate of drug-likeness (QED) is 0.785. The Bertz CT molecular complexity index is 832. The predicted octanol–water partition coefficient (Wildman–Crippen LogP) is 4.35. The number of carbonyl (C=O) groups excluding carboxylic acids is 2. The smallest absolute Gasteiger partial charge is 0.317 e. The van der Waals surface area contributed by atoms with Crippen molar-refractivity contribution in [3.05, 3.63) is 32.1 Å². The van der Waals surface area contributed by atoms with Gasteiger partial charge in [0, 0.05) is 47.8 Å². The number of fused-ring (bicyclic) bond motifs is 1. The molecule has 9 heteroatoms. The third-order valence-electron chi connectivity index (χ3n) is 4.03. The Kier molecular flexibility index (Phi) is 5.63. The highest BCUT2D eigenvalue weighted by molar-refractivity contribution is 7.21. The summed E-state index contributed by atoms with van der Waals surface area (Å²) in [5.41, 5.74) is 0. The molecule has 1 aliphatic rings. The maximum absolute atomic E-state index is 12.8. The molecule has 1 aromatic heterocycles. The molecule has 3 amide bonds. The number of carbonyl (C=O) groups is 2. The van der Waals surface area contributed by atoms with Crippen LogP contribution < -0.4 is 5.32 Å². The summed E-state index contributed by atoms with van der Waals surface area (Å²) in [5, 5.41) is 4.72. The van der Waals surface area contributed by atoms with Crippen molar-refractivity contribution in [3.8, 4) is 0 Å². The summed E-state index contributed by atoms with van der Waals surface area (Å²) in [6, 6.07) is 3.27. The van der Waals surface area contributed by atoms with Crippen molar-refractivity contribution in [1.82, 2.24) is 15.1 Å². The third-order valence-corrected chi connectivity index (χ3v) is 6.16. The molecule has 1 N–H and O–H groups in total. The predicted molar refractivity (Wildman–Crippen MR) is 103 cm³/mol. The number of hydrogen-bond acceptors (Lipinski definition) is 3. The number of amides is 3. The fourth-order valence-corrected chi connectivity index (χ4v) is 5.11. The first-order valence-electron chi connectivity index (χ1n) is 7.81. The SMILES string of the molecule is CCNC(=O)N1CCN(C(=O)c2sc3cc(Cl)cc(Cl)c3c2Cl)CC1. The number of nitrogens with one attached hydrogen (secondary N) is 1. The van der Waals surface area contributed by atoms with Gasteiger partial charge in [0.15, 0.2) is 0 Å². The number of rotatable bonds is 2. The van der Waals surface area contributed by atoms with Gasteiger partial charge >= 0.3 is 6.03 Å². The van der Waals surface area contributed by atoms with Gasteiger partial charge in [-0.3, -0.25) is 4.79 Å². The summed E-state index contributed by atoms with van der Waals surface area (Å²) < 4.78 is 0.784. The Hall–Kier alpha value is -1.21. The molecule has 2 aromatic rings. The number of nitrogens with zero attached hydrogens (tertiary/aromatic N) is 2. The molecule has 5 nitrogen and oxygen atoms in total. The molecule has 0 saturated carbocycles. The van der Waals surface area contributed by atoms with Gasteiger partial charge in [0.1, 0.15) is 4.88 Å². The zero-order valence-electron chi connectivity index (χ0n) is 13.4. The van der Waals surface area contributed by atoms with Gasteiger partial charge in [-0.15, -0.1) is 11.3 Å². The van der Waals surface area contributed by atoms with Gasteiger partial charge in [0.05, 0.1) is 10.0 Å². The summed E-state index contributed by atoms with van der Waals surface area (Å²) in [4.78, 5) is 28.6. The molecule has 1 fully saturated rings. The van der Waals surface area contributed by atoms with Crippen LogP contribution in [0.5, 0.6) is 0 Å². The molecule has 134 valence electrons. The Morgan fingerprint density at radius 2 is 1.76 bits per heavy atom. The maximum atomic E-state index is 12.8. The van der Waals surface area contributed by atoms with Gasteiger partial charge in [0.25, 0.3) is 5.91 Å². The lowest BCUT2D eigenvalue weighted by atomic mass is 10.2. The standard InChI is InChI=1S/C16H16Cl3N3O2S/c1-2-20-16(24)22-5-3-21(4-6-22)15(23)14-13(19)12-10(18)7-9(17)8-11(12)25-14/h7-8H,2-6H2,1H3,(H,20,24). The highest BCUT2D eigenvalue weighted by atomic mass is 35.5. The van der Waals surface area contributed by atoms with E-state index in [0.29, 0.717) is 58.1 Å². The van der Waals surface area contributed by atoms with Crippen molar-refractivity contribution in [2.45, 2.75) is 6.92 Å². The average molecular weight is 421 g/mol. The van der Waals surface area contributed by atoms with E-state index >= 15 is 0 Å². The third kappa shape index (κ3) is 3.67. The Labute approximate surface area is 164 Å². The molecule has 25 heavy (non-hydrogen) atoms. The molecule has 0 bridgehead atoms. The van der Waals surface area contributed by atoms with E-state index in [-0.39, 0.29) is 11.9 Å². The number of piperazine rings is 1. The topological polar surface area (TPSA) is 52.7 Å². The molecule has 0 unspecified atom stereocenters. The fourth-order valence-electron chi connectivity index (χ4n) is 2.77. The number of benzene rings is 1. The van der Waals surface area contributed by atoms with E-state index < -0.39 is 0 Å². The second-order valence-electron chi connectivity index (χ2n) is 5.62. The van der Waals surface area contributed by atoms with Gasteiger partial charge in [-0.2, -0.15) is 0 Å². The molecule has 2 heterocycles. The van der Waals surface area contributed by atoms with Gasteiger partial charge in [0.2, 0.25) is 0 Å². The van der Waals surface area contributed by atoms with E-state index in [0.717, 1.165) is 4.70 Å². The molecular weight excluding hydrogens is 405 g/mol. The summed E-state index contributed by atoms with van der Waals surface area (Å²) in [7, 11) is 0. The summed E-state index contributed by atoms with van der Waals surface area (Å²) in [6.45, 7) is 4.38. The van der Waals surface area contributed by atoms with Crippen LogP contribution in [-0.2, 0) is 0 Å². The number of halogens is 3. The zero-order chi connectivity index (χ0) is 18.1. The summed E-state index contributed by atoms with van der Waals surface area (Å²) in [5.74, 6) is -0.145. The van der Waals surface area contributed by atoms with Crippen molar-refractivity contribution >= 4 is 68.2 Å². The first-order valence-corrected chi connectivity index (χ1v) is 9.76. The molecule has 0 aliphatic carbocycles. The van der Waals surface area contributed by atoms with Crippen LogP contribution in [-0.4, -0.2) is 54.5 Å². The van der Waals surface area contributed by atoms with E-state index in [1.165, 1.54) is 11.3 Å². The molecule has 1 saturated heterocycles. The van der Waals surface area contributed by atoms with Crippen molar-refractivity contribution < 1.29 is 9.59 Å². The average Bonchev–Trinajstić information content (AvgIpc) is 2.91. The fraction of sp³-hybridized carbons (Fsp3) is 0.375. The molecule has 1 aromatic carbocycles. The van der Waals surface area contributed by atoms with Crippen LogP contribution in [0.25, 0.3) is 10.1 Å². The Balaban J connectivity index is 1.78. The van der Waals surface area contributed by atoms with Gasteiger partial charge in [-0.1, -0.05) is 34.8 Å². The van der Waals surface area contributed by atoms with Crippen LogP contribution in [0.2, 0.25) is 15.1 Å². The summed E-state index contributed by atoms with van der Waals surface area (Å²) >= 11 is 19.9. The van der Waals surface area contributed by atoms with Gasteiger partial charge in [-0.05, 0) is 19.1 Å². The number of thiophene rings is 1.